The smallest absolute Gasteiger partial charge is 0.283 e. The third kappa shape index (κ3) is 2.89. The van der Waals surface area contributed by atoms with Gasteiger partial charge in [0.1, 0.15) is 28.7 Å². The summed E-state index contributed by atoms with van der Waals surface area (Å²) in [6.07, 6.45) is -2.15. The van der Waals surface area contributed by atoms with Crippen LogP contribution in [0.15, 0.2) is 24.4 Å². The largest absolute Gasteiger partial charge is 0.389 e. The number of benzene rings is 1. The number of β-amino-alcohol motifs (C(OH)–C–C–N with tert-alkyl or cyclic N) is 1. The maximum atomic E-state index is 14.6. The van der Waals surface area contributed by atoms with E-state index in [1.54, 1.807) is 30.0 Å². The van der Waals surface area contributed by atoms with Gasteiger partial charge in [0.2, 0.25) is 0 Å². The normalized spacial score (nSPS) is 14.4. The zero-order chi connectivity index (χ0) is 22.7. The van der Waals surface area contributed by atoms with Gasteiger partial charge >= 0.3 is 0 Å². The van der Waals surface area contributed by atoms with Crippen molar-refractivity contribution in [2.45, 2.75) is 19.5 Å². The number of nitriles is 1. The molecule has 1 aromatic carbocycles. The number of halogens is 4. The van der Waals surface area contributed by atoms with E-state index in [-0.39, 0.29) is 34.8 Å². The first-order valence-electron chi connectivity index (χ1n) is 9.59. The molecule has 1 saturated heterocycles. The predicted molar refractivity (Wildman–Crippen MR) is 111 cm³/mol. The first-order chi connectivity index (χ1) is 15.3. The predicted octanol–water partition coefficient (Wildman–Crippen LogP) is 4.04. The first kappa shape index (κ1) is 20.5. The minimum absolute atomic E-state index is 0.00646. The lowest BCUT2D eigenvalue weighted by molar-refractivity contribution is 0.140. The molecule has 1 fully saturated rings. The molecule has 1 aliphatic heterocycles. The van der Waals surface area contributed by atoms with Crippen molar-refractivity contribution >= 4 is 34.0 Å². The number of hydrogen-bond acceptors (Lipinski definition) is 6. The van der Waals surface area contributed by atoms with Gasteiger partial charge in [-0.3, -0.25) is 4.98 Å². The molecule has 7 nitrogen and oxygen atoms in total. The van der Waals surface area contributed by atoms with E-state index >= 15 is 0 Å². The number of fused-ring (bicyclic) bond motifs is 2. The van der Waals surface area contributed by atoms with E-state index < -0.39 is 24.0 Å². The molecule has 32 heavy (non-hydrogen) atoms. The van der Waals surface area contributed by atoms with Crippen LogP contribution >= 0.6 is 11.6 Å². The molecule has 0 radical (unpaired) electrons. The van der Waals surface area contributed by atoms with Gasteiger partial charge in [-0.2, -0.15) is 14.9 Å². The number of aryl methyl sites for hydroxylation is 1. The number of anilines is 1. The van der Waals surface area contributed by atoms with Crippen molar-refractivity contribution < 1.29 is 18.3 Å². The Kier molecular flexibility index (Phi) is 4.69. The van der Waals surface area contributed by atoms with Crippen molar-refractivity contribution in [2.24, 2.45) is 0 Å². The Morgan fingerprint density at radius 1 is 1.28 bits per heavy atom. The number of nitrogens with zero attached hydrogens (tertiary/aromatic N) is 6. The summed E-state index contributed by atoms with van der Waals surface area (Å²) in [5, 5.41) is 23.7. The van der Waals surface area contributed by atoms with E-state index in [1.807, 2.05) is 0 Å². The second-order valence-corrected chi connectivity index (χ2v) is 7.89. The van der Waals surface area contributed by atoms with E-state index in [1.165, 1.54) is 16.8 Å². The molecule has 11 heteroatoms. The second kappa shape index (κ2) is 7.32. The summed E-state index contributed by atoms with van der Waals surface area (Å²) in [6.45, 7) is 2.14. The van der Waals surface area contributed by atoms with E-state index in [4.69, 9.17) is 11.6 Å². The van der Waals surface area contributed by atoms with E-state index in [9.17, 15) is 23.5 Å². The summed E-state index contributed by atoms with van der Waals surface area (Å²) in [6, 6.07) is 6.47. The standard InChI is InChI=1S/C21H14ClF3N6O/c1-9-15(11-4-5-27-17-12(11)2-3-14(22)16(17)23)21(30-7-10(32)8-30)31-20(28-9)13(6-26)18(29-31)19(24)25/h2-5,10,19,32H,7-8H2,1H3. The van der Waals surface area contributed by atoms with Crippen molar-refractivity contribution in [3.8, 4) is 17.2 Å². The molecule has 5 rings (SSSR count). The van der Waals surface area contributed by atoms with E-state index in [0.29, 0.717) is 28.0 Å². The first-order valence-corrected chi connectivity index (χ1v) is 9.97. The molecule has 0 amide bonds. The topological polar surface area (TPSA) is 90.3 Å². The molecule has 0 unspecified atom stereocenters. The van der Waals surface area contributed by atoms with Crippen molar-refractivity contribution in [2.75, 3.05) is 18.0 Å². The molecule has 1 aliphatic rings. The van der Waals surface area contributed by atoms with Crippen LogP contribution in [0.4, 0.5) is 19.0 Å². The molecule has 0 bridgehead atoms. The molecule has 4 aromatic rings. The molecule has 3 aromatic heterocycles. The van der Waals surface area contributed by atoms with Gasteiger partial charge < -0.3 is 10.0 Å². The van der Waals surface area contributed by atoms with Crippen molar-refractivity contribution in [3.05, 3.63) is 52.2 Å². The van der Waals surface area contributed by atoms with Crippen LogP contribution in [0.2, 0.25) is 5.02 Å². The molecule has 0 atom stereocenters. The van der Waals surface area contributed by atoms with Gasteiger partial charge in [-0.05, 0) is 24.6 Å². The molecule has 0 spiro atoms. The highest BCUT2D eigenvalue weighted by atomic mass is 35.5. The minimum Gasteiger partial charge on any atom is -0.389 e. The van der Waals surface area contributed by atoms with Crippen LogP contribution in [0, 0.1) is 24.1 Å². The fraction of sp³-hybridized carbons (Fsp3) is 0.238. The molecule has 0 saturated carbocycles. The van der Waals surface area contributed by atoms with Crippen LogP contribution in [0.5, 0.6) is 0 Å². The summed E-state index contributed by atoms with van der Waals surface area (Å²) in [7, 11) is 0. The number of hydrogen-bond donors (Lipinski definition) is 1. The van der Waals surface area contributed by atoms with E-state index in [0.717, 1.165) is 0 Å². The van der Waals surface area contributed by atoms with Crippen LogP contribution in [-0.4, -0.2) is 43.9 Å². The van der Waals surface area contributed by atoms with Crippen molar-refractivity contribution in [1.29, 1.82) is 5.26 Å². The van der Waals surface area contributed by atoms with Gasteiger partial charge in [0.05, 0.1) is 16.8 Å². The number of rotatable bonds is 3. The summed E-state index contributed by atoms with van der Waals surface area (Å²) in [5.74, 6) is -0.298. The molecule has 162 valence electrons. The molecular formula is C21H14ClF3N6O. The molecular weight excluding hydrogens is 445 g/mol. The van der Waals surface area contributed by atoms with Crippen molar-refractivity contribution in [1.82, 2.24) is 19.6 Å². The lowest BCUT2D eigenvalue weighted by Crippen LogP contribution is -2.51. The zero-order valence-electron chi connectivity index (χ0n) is 16.5. The third-order valence-corrected chi connectivity index (χ3v) is 5.79. The van der Waals surface area contributed by atoms with Gasteiger partial charge in [-0.1, -0.05) is 17.7 Å². The van der Waals surface area contributed by atoms with Crippen LogP contribution in [0.1, 0.15) is 23.4 Å². The maximum Gasteiger partial charge on any atom is 0.283 e. The van der Waals surface area contributed by atoms with Crippen LogP contribution < -0.4 is 4.90 Å². The summed E-state index contributed by atoms with van der Waals surface area (Å²) in [5.41, 5.74) is 0.538. The van der Waals surface area contributed by atoms with E-state index in [2.05, 4.69) is 15.1 Å². The van der Waals surface area contributed by atoms with Gasteiger partial charge in [-0.25, -0.2) is 18.2 Å². The molecule has 1 N–H and O–H groups in total. The average molecular weight is 459 g/mol. The third-order valence-electron chi connectivity index (χ3n) is 5.50. The van der Waals surface area contributed by atoms with Gasteiger partial charge in [0.15, 0.2) is 11.5 Å². The number of aliphatic hydroxyl groups excluding tert-OH is 1. The highest BCUT2D eigenvalue weighted by Crippen LogP contribution is 2.41. The quantitative estimate of drug-likeness (QED) is 0.498. The maximum absolute atomic E-state index is 14.6. The number of aliphatic hydroxyl groups is 1. The number of aromatic nitrogens is 4. The Balaban J connectivity index is 1.90. The summed E-state index contributed by atoms with van der Waals surface area (Å²) in [4.78, 5) is 10.3. The van der Waals surface area contributed by atoms with Crippen molar-refractivity contribution in [3.63, 3.8) is 0 Å². The fourth-order valence-corrected chi connectivity index (χ4v) is 4.18. The lowest BCUT2D eigenvalue weighted by atomic mass is 9.98. The Morgan fingerprint density at radius 2 is 2.03 bits per heavy atom. The minimum atomic E-state index is -2.97. The second-order valence-electron chi connectivity index (χ2n) is 7.48. The van der Waals surface area contributed by atoms with Crippen LogP contribution in [0.3, 0.4) is 0 Å². The number of pyridine rings is 1. The lowest BCUT2D eigenvalue weighted by Gasteiger charge is -2.39. The van der Waals surface area contributed by atoms with Crippen LogP contribution in [0.25, 0.3) is 27.7 Å². The fourth-order valence-electron chi connectivity index (χ4n) is 4.03. The Bertz CT molecular complexity index is 1440. The monoisotopic (exact) mass is 458 g/mol. The Labute approximate surface area is 184 Å². The average Bonchev–Trinajstić information content (AvgIpc) is 3.11. The molecule has 4 heterocycles. The van der Waals surface area contributed by atoms with Gasteiger partial charge in [0.25, 0.3) is 6.43 Å². The Hall–Kier alpha value is -3.42. The SMILES string of the molecule is Cc1nc2c(C#N)c(C(F)F)nn2c(N2CC(O)C2)c1-c1ccnc2c(F)c(Cl)ccc12. The summed E-state index contributed by atoms with van der Waals surface area (Å²) < 4.78 is 43.0. The van der Waals surface area contributed by atoms with Gasteiger partial charge in [0, 0.05) is 30.2 Å². The highest BCUT2D eigenvalue weighted by molar-refractivity contribution is 6.31. The number of alkyl halides is 2. The van der Waals surface area contributed by atoms with Gasteiger partial charge in [-0.15, -0.1) is 0 Å². The Morgan fingerprint density at radius 3 is 2.69 bits per heavy atom. The summed E-state index contributed by atoms with van der Waals surface area (Å²) >= 11 is 5.91. The van der Waals surface area contributed by atoms with Crippen LogP contribution in [-0.2, 0) is 0 Å². The molecule has 0 aliphatic carbocycles. The zero-order valence-corrected chi connectivity index (χ0v) is 17.3. The highest BCUT2D eigenvalue weighted by Gasteiger charge is 2.33.